The highest BCUT2D eigenvalue weighted by atomic mass is 16.6. The molecular formula is C19H20N2O4. The van der Waals surface area contributed by atoms with E-state index in [4.69, 9.17) is 14.2 Å². The van der Waals surface area contributed by atoms with Crippen LogP contribution in [0.25, 0.3) is 5.70 Å². The van der Waals surface area contributed by atoms with Crippen molar-refractivity contribution in [3.05, 3.63) is 60.2 Å². The smallest absolute Gasteiger partial charge is 0.276 e. The molecule has 25 heavy (non-hydrogen) atoms. The molecule has 2 N–H and O–H groups in total. The number of rotatable bonds is 6. The predicted octanol–water partition coefficient (Wildman–Crippen LogP) is 2.44. The van der Waals surface area contributed by atoms with Crippen molar-refractivity contribution in [2.75, 3.05) is 19.8 Å². The molecular weight excluding hydrogens is 320 g/mol. The van der Waals surface area contributed by atoms with Crippen molar-refractivity contribution in [1.29, 1.82) is 0 Å². The number of hydrogen-bond donors (Lipinski definition) is 2. The van der Waals surface area contributed by atoms with Gasteiger partial charge in [-0.2, -0.15) is 0 Å². The Balaban J connectivity index is 1.49. The van der Waals surface area contributed by atoms with Crippen LogP contribution in [0.5, 0.6) is 17.2 Å². The summed E-state index contributed by atoms with van der Waals surface area (Å²) in [5, 5.41) is 0. The Bertz CT molecular complexity index is 789. The molecule has 0 bridgehead atoms. The second kappa shape index (κ2) is 7.61. The molecule has 1 aliphatic rings. The third-order valence-corrected chi connectivity index (χ3v) is 3.60. The standard InChI is InChI=1S/C19H20N2O4/c1-13-4-3-5-16(10-13)25-12-19(22)21-20-14(2)15-6-7-17-18(11-15)24-9-8-23-17/h3-7,10-11,20H,2,8-9,12H2,1H3,(H,21,22). The highest BCUT2D eigenvalue weighted by Crippen LogP contribution is 2.31. The van der Waals surface area contributed by atoms with E-state index in [9.17, 15) is 4.79 Å². The van der Waals surface area contributed by atoms with E-state index in [1.807, 2.05) is 49.4 Å². The molecule has 0 aromatic heterocycles. The molecule has 0 aliphatic carbocycles. The summed E-state index contributed by atoms with van der Waals surface area (Å²) in [4.78, 5) is 11.9. The van der Waals surface area contributed by atoms with Crippen LogP contribution in [0.3, 0.4) is 0 Å². The van der Waals surface area contributed by atoms with Gasteiger partial charge in [-0.25, -0.2) is 0 Å². The lowest BCUT2D eigenvalue weighted by Gasteiger charge is -2.19. The van der Waals surface area contributed by atoms with E-state index < -0.39 is 0 Å². The Morgan fingerprint density at radius 2 is 1.92 bits per heavy atom. The average molecular weight is 340 g/mol. The summed E-state index contributed by atoms with van der Waals surface area (Å²) < 4.78 is 16.5. The number of benzene rings is 2. The Morgan fingerprint density at radius 1 is 1.12 bits per heavy atom. The third kappa shape index (κ3) is 4.44. The number of fused-ring (bicyclic) bond motifs is 1. The molecule has 0 saturated carbocycles. The number of carbonyl (C=O) groups excluding carboxylic acids is 1. The fourth-order valence-corrected chi connectivity index (χ4v) is 2.34. The van der Waals surface area contributed by atoms with Crippen LogP contribution in [0.1, 0.15) is 11.1 Å². The Labute approximate surface area is 146 Å². The fourth-order valence-electron chi connectivity index (χ4n) is 2.34. The van der Waals surface area contributed by atoms with Gasteiger partial charge in [-0.15, -0.1) is 0 Å². The zero-order valence-corrected chi connectivity index (χ0v) is 14.0. The molecule has 0 saturated heterocycles. The first kappa shape index (κ1) is 16.7. The molecule has 1 aliphatic heterocycles. The Hall–Kier alpha value is -3.15. The molecule has 6 heteroatoms. The monoisotopic (exact) mass is 340 g/mol. The summed E-state index contributed by atoms with van der Waals surface area (Å²) in [6.07, 6.45) is 0. The van der Waals surface area contributed by atoms with E-state index in [0.717, 1.165) is 11.1 Å². The maximum atomic E-state index is 11.9. The summed E-state index contributed by atoms with van der Waals surface area (Å²) in [7, 11) is 0. The fraction of sp³-hybridized carbons (Fsp3) is 0.211. The van der Waals surface area contributed by atoms with Crippen LogP contribution in [-0.2, 0) is 4.79 Å². The van der Waals surface area contributed by atoms with Crippen LogP contribution in [-0.4, -0.2) is 25.7 Å². The van der Waals surface area contributed by atoms with Gasteiger partial charge in [-0.3, -0.25) is 15.6 Å². The topological polar surface area (TPSA) is 68.8 Å². The van der Waals surface area contributed by atoms with Crippen molar-refractivity contribution in [2.45, 2.75) is 6.92 Å². The highest BCUT2D eigenvalue weighted by Gasteiger charge is 2.13. The van der Waals surface area contributed by atoms with E-state index in [2.05, 4.69) is 17.4 Å². The zero-order chi connectivity index (χ0) is 17.6. The van der Waals surface area contributed by atoms with Gasteiger partial charge in [-0.1, -0.05) is 18.7 Å². The first-order chi connectivity index (χ1) is 12.1. The minimum absolute atomic E-state index is 0.0924. The molecule has 1 amide bonds. The number of carbonyl (C=O) groups is 1. The van der Waals surface area contributed by atoms with Crippen molar-refractivity contribution in [3.8, 4) is 17.2 Å². The summed E-state index contributed by atoms with van der Waals surface area (Å²) in [6.45, 7) is 6.85. The van der Waals surface area contributed by atoms with Crippen LogP contribution in [0.4, 0.5) is 0 Å². The Morgan fingerprint density at radius 3 is 2.72 bits per heavy atom. The number of aryl methyl sites for hydroxylation is 1. The van der Waals surface area contributed by atoms with E-state index >= 15 is 0 Å². The van der Waals surface area contributed by atoms with Crippen LogP contribution < -0.4 is 25.1 Å². The van der Waals surface area contributed by atoms with E-state index in [-0.39, 0.29) is 12.5 Å². The van der Waals surface area contributed by atoms with Crippen LogP contribution in [0.2, 0.25) is 0 Å². The van der Waals surface area contributed by atoms with Gasteiger partial charge in [0, 0.05) is 5.56 Å². The molecule has 0 fully saturated rings. The molecule has 0 spiro atoms. The van der Waals surface area contributed by atoms with Gasteiger partial charge in [0.2, 0.25) is 0 Å². The largest absolute Gasteiger partial charge is 0.486 e. The number of nitrogens with one attached hydrogen (secondary N) is 2. The zero-order valence-electron chi connectivity index (χ0n) is 14.0. The molecule has 130 valence electrons. The van der Waals surface area contributed by atoms with Crippen LogP contribution in [0.15, 0.2) is 49.0 Å². The van der Waals surface area contributed by atoms with Gasteiger partial charge < -0.3 is 14.2 Å². The van der Waals surface area contributed by atoms with Crippen LogP contribution >= 0.6 is 0 Å². The minimum Gasteiger partial charge on any atom is -0.486 e. The van der Waals surface area contributed by atoms with E-state index in [0.29, 0.717) is 36.2 Å². The molecule has 2 aromatic carbocycles. The second-order valence-corrected chi connectivity index (χ2v) is 5.62. The van der Waals surface area contributed by atoms with Gasteiger partial charge in [0.1, 0.15) is 19.0 Å². The van der Waals surface area contributed by atoms with Crippen molar-refractivity contribution in [3.63, 3.8) is 0 Å². The Kier molecular flexibility index (Phi) is 5.09. The van der Waals surface area contributed by atoms with Gasteiger partial charge in [-0.05, 0) is 42.8 Å². The lowest BCUT2D eigenvalue weighted by atomic mass is 10.1. The predicted molar refractivity (Wildman–Crippen MR) is 94.4 cm³/mol. The summed E-state index contributed by atoms with van der Waals surface area (Å²) >= 11 is 0. The maximum Gasteiger partial charge on any atom is 0.276 e. The van der Waals surface area contributed by atoms with Gasteiger partial charge in [0.05, 0.1) is 5.70 Å². The van der Waals surface area contributed by atoms with Gasteiger partial charge in [0.15, 0.2) is 18.1 Å². The van der Waals surface area contributed by atoms with E-state index in [1.165, 1.54) is 0 Å². The number of hydrogen-bond acceptors (Lipinski definition) is 5. The molecule has 1 heterocycles. The van der Waals surface area contributed by atoms with Gasteiger partial charge >= 0.3 is 0 Å². The number of ether oxygens (including phenoxy) is 3. The summed E-state index contributed by atoms with van der Waals surface area (Å²) in [5.41, 5.74) is 7.75. The lowest BCUT2D eigenvalue weighted by molar-refractivity contribution is -0.123. The second-order valence-electron chi connectivity index (χ2n) is 5.62. The molecule has 0 atom stereocenters. The lowest BCUT2D eigenvalue weighted by Crippen LogP contribution is -2.39. The van der Waals surface area contributed by atoms with Crippen LogP contribution in [0, 0.1) is 6.92 Å². The van der Waals surface area contributed by atoms with Crippen molar-refractivity contribution >= 4 is 11.6 Å². The minimum atomic E-state index is -0.305. The normalized spacial score (nSPS) is 12.2. The van der Waals surface area contributed by atoms with Crippen molar-refractivity contribution in [1.82, 2.24) is 10.9 Å². The molecule has 2 aromatic rings. The average Bonchev–Trinajstić information content (AvgIpc) is 2.64. The molecule has 0 radical (unpaired) electrons. The summed E-state index contributed by atoms with van der Waals surface area (Å²) in [6, 6.07) is 13.0. The molecule has 0 unspecified atom stereocenters. The quantitative estimate of drug-likeness (QED) is 0.791. The first-order valence-corrected chi connectivity index (χ1v) is 7.95. The van der Waals surface area contributed by atoms with Gasteiger partial charge in [0.25, 0.3) is 5.91 Å². The summed E-state index contributed by atoms with van der Waals surface area (Å²) in [5.74, 6) is 1.72. The third-order valence-electron chi connectivity index (χ3n) is 3.60. The maximum absolute atomic E-state index is 11.9. The first-order valence-electron chi connectivity index (χ1n) is 7.95. The molecule has 3 rings (SSSR count). The number of amides is 1. The number of hydrazine groups is 1. The van der Waals surface area contributed by atoms with Crippen molar-refractivity contribution < 1.29 is 19.0 Å². The SMILES string of the molecule is C=C(NNC(=O)COc1cccc(C)c1)c1ccc2c(c1)OCCO2. The van der Waals surface area contributed by atoms with E-state index in [1.54, 1.807) is 0 Å². The highest BCUT2D eigenvalue weighted by molar-refractivity contribution is 5.78. The molecule has 6 nitrogen and oxygen atoms in total. The van der Waals surface area contributed by atoms with Crippen molar-refractivity contribution in [2.24, 2.45) is 0 Å².